The van der Waals surface area contributed by atoms with Crippen LogP contribution in [0.5, 0.6) is 0 Å². The minimum absolute atomic E-state index is 0.0356. The van der Waals surface area contributed by atoms with Gasteiger partial charge in [-0.3, -0.25) is 4.79 Å². The molecule has 1 fully saturated rings. The number of nitrogens with one attached hydrogen (secondary N) is 1. The number of nitrogens with zero attached hydrogens (tertiary/aromatic N) is 3. The molecule has 0 radical (unpaired) electrons. The van der Waals surface area contributed by atoms with Crippen LogP contribution in [0.25, 0.3) is 16.8 Å². The lowest BCUT2D eigenvalue weighted by molar-refractivity contribution is -0.0674. The molecule has 1 amide bonds. The van der Waals surface area contributed by atoms with Gasteiger partial charge in [-0.15, -0.1) is 0 Å². The van der Waals surface area contributed by atoms with Crippen molar-refractivity contribution in [3.05, 3.63) is 39.4 Å². The number of hydrogen-bond donors (Lipinski definition) is 2. The molecule has 1 aliphatic rings. The van der Waals surface area contributed by atoms with Crippen molar-refractivity contribution in [2.45, 2.75) is 37.3 Å². The molecule has 0 saturated heterocycles. The van der Waals surface area contributed by atoms with Crippen LogP contribution >= 0.6 is 22.9 Å². The van der Waals surface area contributed by atoms with Gasteiger partial charge in [-0.25, -0.2) is 27.1 Å². The second-order valence-electron chi connectivity index (χ2n) is 6.77. The summed E-state index contributed by atoms with van der Waals surface area (Å²) in [5.41, 5.74) is 5.87. The average molecular weight is 448 g/mol. The number of fused-ring (bicyclic) bond motifs is 1. The van der Waals surface area contributed by atoms with E-state index in [9.17, 15) is 22.4 Å². The molecular weight excluding hydrogens is 434 g/mol. The molecule has 0 bridgehead atoms. The molecular formula is C17H14ClF4N5OS. The van der Waals surface area contributed by atoms with E-state index in [2.05, 4.69) is 15.4 Å². The zero-order valence-electron chi connectivity index (χ0n) is 14.6. The number of alkyl halides is 2. The van der Waals surface area contributed by atoms with Crippen LogP contribution in [-0.2, 0) is 0 Å². The third-order valence-electron chi connectivity index (χ3n) is 4.78. The number of carbonyl (C=O) groups excluding carboxylic acids is 1. The zero-order valence-corrected chi connectivity index (χ0v) is 16.2. The first-order valence-electron chi connectivity index (χ1n) is 8.61. The monoisotopic (exact) mass is 447 g/mol. The normalized spacial score (nSPS) is 21.4. The Morgan fingerprint density at radius 1 is 1.41 bits per heavy atom. The number of rotatable bonds is 3. The largest absolute Gasteiger partial charge is 0.340 e. The molecule has 154 valence electrons. The smallest absolute Gasteiger partial charge is 0.280 e. The van der Waals surface area contributed by atoms with Crippen LogP contribution in [0.3, 0.4) is 0 Å². The van der Waals surface area contributed by atoms with Gasteiger partial charge in [0.1, 0.15) is 27.4 Å². The molecule has 0 aliphatic heterocycles. The summed E-state index contributed by atoms with van der Waals surface area (Å²) in [6, 6.07) is -1.73. The second kappa shape index (κ2) is 7.22. The Bertz CT molecular complexity index is 1100. The van der Waals surface area contributed by atoms with Crippen LogP contribution in [-0.4, -0.2) is 38.5 Å². The van der Waals surface area contributed by atoms with Gasteiger partial charge in [-0.1, -0.05) is 22.9 Å². The summed E-state index contributed by atoms with van der Waals surface area (Å²) in [5, 5.41) is 5.93. The van der Waals surface area contributed by atoms with Gasteiger partial charge >= 0.3 is 0 Å². The van der Waals surface area contributed by atoms with E-state index in [1.54, 1.807) is 0 Å². The number of amides is 1. The summed E-state index contributed by atoms with van der Waals surface area (Å²) in [6.07, 6.45) is 2.47. The van der Waals surface area contributed by atoms with Crippen molar-refractivity contribution < 1.29 is 22.4 Å². The van der Waals surface area contributed by atoms with Gasteiger partial charge in [0.2, 0.25) is 0 Å². The average Bonchev–Trinajstić information content (AvgIpc) is 3.21. The molecule has 2 atom stereocenters. The molecule has 0 spiro atoms. The van der Waals surface area contributed by atoms with E-state index in [-0.39, 0.29) is 39.0 Å². The first-order valence-corrected chi connectivity index (χ1v) is 9.80. The van der Waals surface area contributed by atoms with Crippen LogP contribution in [0.15, 0.2) is 18.5 Å². The van der Waals surface area contributed by atoms with E-state index < -0.39 is 35.5 Å². The molecule has 1 saturated carbocycles. The maximum atomic E-state index is 14.2. The van der Waals surface area contributed by atoms with E-state index in [1.165, 1.54) is 6.20 Å². The van der Waals surface area contributed by atoms with E-state index in [4.69, 9.17) is 17.3 Å². The molecule has 4 rings (SSSR count). The maximum absolute atomic E-state index is 14.2. The van der Waals surface area contributed by atoms with Gasteiger partial charge in [0.15, 0.2) is 10.8 Å². The predicted molar refractivity (Wildman–Crippen MR) is 99.3 cm³/mol. The van der Waals surface area contributed by atoms with Crippen molar-refractivity contribution in [2.24, 2.45) is 5.73 Å². The van der Waals surface area contributed by atoms with Crippen LogP contribution in [0.1, 0.15) is 29.1 Å². The first kappa shape index (κ1) is 20.0. The fourth-order valence-corrected chi connectivity index (χ4v) is 4.48. The SMILES string of the molecule is NC1CCCC(F)(F)C1NC(=O)c1nc(-c2cnn3cc(F)cc(F)c23)c(Cl)s1. The Morgan fingerprint density at radius 2 is 2.17 bits per heavy atom. The Kier molecular flexibility index (Phi) is 4.99. The number of halogens is 5. The predicted octanol–water partition coefficient (Wildman–Crippen LogP) is 3.63. The van der Waals surface area contributed by atoms with Crippen LogP contribution < -0.4 is 11.1 Å². The minimum atomic E-state index is -3.13. The summed E-state index contributed by atoms with van der Waals surface area (Å²) in [6.45, 7) is 0. The Morgan fingerprint density at radius 3 is 2.90 bits per heavy atom. The molecule has 3 heterocycles. The van der Waals surface area contributed by atoms with Crippen LogP contribution in [0.4, 0.5) is 17.6 Å². The summed E-state index contributed by atoms with van der Waals surface area (Å²) >= 11 is 6.91. The maximum Gasteiger partial charge on any atom is 0.280 e. The topological polar surface area (TPSA) is 85.3 Å². The lowest BCUT2D eigenvalue weighted by atomic mass is 9.87. The molecule has 3 aromatic heterocycles. The second-order valence-corrected chi connectivity index (χ2v) is 8.37. The fraction of sp³-hybridized carbons (Fsp3) is 0.353. The molecule has 3 N–H and O–H groups in total. The Hall–Kier alpha value is -2.24. The van der Waals surface area contributed by atoms with Gasteiger partial charge < -0.3 is 11.1 Å². The van der Waals surface area contributed by atoms with E-state index in [0.717, 1.165) is 22.0 Å². The molecule has 6 nitrogen and oxygen atoms in total. The number of aromatic nitrogens is 3. The highest BCUT2D eigenvalue weighted by Crippen LogP contribution is 2.37. The fourth-order valence-electron chi connectivity index (χ4n) is 3.40. The van der Waals surface area contributed by atoms with Gasteiger partial charge in [0, 0.05) is 18.5 Å². The summed E-state index contributed by atoms with van der Waals surface area (Å²) < 4.78 is 56.9. The molecule has 0 aromatic carbocycles. The van der Waals surface area contributed by atoms with Crippen molar-refractivity contribution in [1.29, 1.82) is 0 Å². The molecule has 29 heavy (non-hydrogen) atoms. The highest BCUT2D eigenvalue weighted by molar-refractivity contribution is 7.18. The molecule has 1 aliphatic carbocycles. The van der Waals surface area contributed by atoms with Crippen molar-refractivity contribution in [1.82, 2.24) is 19.9 Å². The van der Waals surface area contributed by atoms with Crippen molar-refractivity contribution in [3.8, 4) is 11.3 Å². The first-order chi connectivity index (χ1) is 13.7. The standard InChI is InChI=1S/C17H14ClF4N5OS/c18-14-11(8-5-24-27-6-7(19)4-9(20)12(8)27)25-16(29-14)15(28)26-13-10(23)2-1-3-17(13,21)22/h4-6,10,13H,1-3,23H2,(H,26,28). The molecule has 12 heteroatoms. The number of carbonyl (C=O) groups is 1. The zero-order chi connectivity index (χ0) is 20.9. The number of pyridine rings is 1. The molecule has 2 unspecified atom stereocenters. The van der Waals surface area contributed by atoms with E-state index >= 15 is 0 Å². The number of thiazole rings is 1. The Balaban J connectivity index is 1.66. The number of hydrogen-bond acceptors (Lipinski definition) is 5. The lowest BCUT2D eigenvalue weighted by Crippen LogP contribution is -2.59. The van der Waals surface area contributed by atoms with Gasteiger partial charge in [-0.2, -0.15) is 5.10 Å². The van der Waals surface area contributed by atoms with E-state index in [1.807, 2.05) is 0 Å². The van der Waals surface area contributed by atoms with E-state index in [0.29, 0.717) is 12.5 Å². The van der Waals surface area contributed by atoms with Crippen LogP contribution in [0, 0.1) is 11.6 Å². The Labute approximate surface area is 170 Å². The van der Waals surface area contributed by atoms with Crippen molar-refractivity contribution >= 4 is 34.4 Å². The van der Waals surface area contributed by atoms with Crippen LogP contribution in [0.2, 0.25) is 4.34 Å². The molecule has 3 aromatic rings. The van der Waals surface area contributed by atoms with Gasteiger partial charge in [0.25, 0.3) is 11.8 Å². The third kappa shape index (κ3) is 3.58. The quantitative estimate of drug-likeness (QED) is 0.600. The highest BCUT2D eigenvalue weighted by atomic mass is 35.5. The minimum Gasteiger partial charge on any atom is -0.340 e. The summed E-state index contributed by atoms with van der Waals surface area (Å²) in [4.78, 5) is 16.6. The van der Waals surface area contributed by atoms with Gasteiger partial charge in [0.05, 0.1) is 18.0 Å². The van der Waals surface area contributed by atoms with Crippen molar-refractivity contribution in [3.63, 3.8) is 0 Å². The lowest BCUT2D eigenvalue weighted by Gasteiger charge is -2.36. The number of nitrogens with two attached hydrogens (primary N) is 1. The summed E-state index contributed by atoms with van der Waals surface area (Å²) in [5.74, 6) is -5.69. The van der Waals surface area contributed by atoms with Gasteiger partial charge in [-0.05, 0) is 12.8 Å². The highest BCUT2D eigenvalue weighted by Gasteiger charge is 2.46. The van der Waals surface area contributed by atoms with Crippen molar-refractivity contribution in [2.75, 3.05) is 0 Å². The third-order valence-corrected chi connectivity index (χ3v) is 6.04. The summed E-state index contributed by atoms with van der Waals surface area (Å²) in [7, 11) is 0.